The van der Waals surface area contributed by atoms with E-state index in [2.05, 4.69) is 4.74 Å². The van der Waals surface area contributed by atoms with Crippen LogP contribution in [-0.2, 0) is 23.9 Å². The van der Waals surface area contributed by atoms with Crippen LogP contribution < -0.4 is 4.90 Å². The smallest absolute Gasteiger partial charge is 0.411 e. The fourth-order valence-corrected chi connectivity index (χ4v) is 4.58. The SMILES string of the molecule is COC(=O)c1ccc(N(C)C(=O)CN(C)C(=O)[C@@H]2C[C@@H](SC(C)=O)CN2C(=O)OC(C)(C)C)cc1. The van der Waals surface area contributed by atoms with Gasteiger partial charge in [0, 0.05) is 38.5 Å². The van der Waals surface area contributed by atoms with Crippen LogP contribution in [0, 0.1) is 0 Å². The van der Waals surface area contributed by atoms with E-state index >= 15 is 0 Å². The maximum absolute atomic E-state index is 13.3. The number of hydrogen-bond acceptors (Lipinski definition) is 8. The Morgan fingerprint density at radius 1 is 1.09 bits per heavy atom. The lowest BCUT2D eigenvalue weighted by atomic mass is 10.2. The van der Waals surface area contributed by atoms with Gasteiger partial charge in [0.25, 0.3) is 0 Å². The summed E-state index contributed by atoms with van der Waals surface area (Å²) < 4.78 is 10.1. The lowest BCUT2D eigenvalue weighted by Gasteiger charge is -2.30. The second kappa shape index (κ2) is 11.6. The summed E-state index contributed by atoms with van der Waals surface area (Å²) in [5.74, 6) is -1.25. The first kappa shape index (κ1) is 28.2. The third-order valence-electron chi connectivity index (χ3n) is 5.31. The van der Waals surface area contributed by atoms with Gasteiger partial charge in [0.05, 0.1) is 19.2 Å². The predicted octanol–water partition coefficient (Wildman–Crippen LogP) is 2.55. The summed E-state index contributed by atoms with van der Waals surface area (Å²) in [4.78, 5) is 66.1. The minimum Gasteiger partial charge on any atom is -0.465 e. The van der Waals surface area contributed by atoms with Crippen LogP contribution >= 0.6 is 11.8 Å². The minimum atomic E-state index is -0.843. The van der Waals surface area contributed by atoms with Gasteiger partial charge in [-0.05, 0) is 51.5 Å². The minimum absolute atomic E-state index is 0.101. The predicted molar refractivity (Wildman–Crippen MR) is 132 cm³/mol. The molecule has 0 unspecified atom stereocenters. The lowest BCUT2D eigenvalue weighted by molar-refractivity contribution is -0.137. The van der Waals surface area contributed by atoms with Crippen LogP contribution in [0.3, 0.4) is 0 Å². The molecule has 2 atom stereocenters. The number of benzene rings is 1. The molecule has 0 saturated carbocycles. The van der Waals surface area contributed by atoms with Gasteiger partial charge >= 0.3 is 12.1 Å². The fourth-order valence-electron chi connectivity index (χ4n) is 3.60. The molecule has 1 aromatic carbocycles. The number of methoxy groups -OCH3 is 1. The van der Waals surface area contributed by atoms with Gasteiger partial charge in [-0.2, -0.15) is 0 Å². The van der Waals surface area contributed by atoms with Crippen LogP contribution in [0.4, 0.5) is 10.5 Å². The molecule has 10 nitrogen and oxygen atoms in total. The largest absolute Gasteiger partial charge is 0.465 e. The molecule has 11 heteroatoms. The van der Waals surface area contributed by atoms with Crippen LogP contribution in [0.1, 0.15) is 44.5 Å². The van der Waals surface area contributed by atoms with Gasteiger partial charge in [0.2, 0.25) is 11.8 Å². The zero-order valence-electron chi connectivity index (χ0n) is 21.2. The molecular weight excluding hydrogens is 474 g/mol. The van der Waals surface area contributed by atoms with Gasteiger partial charge in [-0.1, -0.05) is 11.8 Å². The quantitative estimate of drug-likeness (QED) is 0.540. The Morgan fingerprint density at radius 2 is 1.69 bits per heavy atom. The van der Waals surface area contributed by atoms with E-state index in [1.165, 1.54) is 35.8 Å². The van der Waals surface area contributed by atoms with E-state index in [0.717, 1.165) is 11.8 Å². The number of carbonyl (C=O) groups is 5. The molecule has 3 amide bonds. The van der Waals surface area contributed by atoms with Crippen molar-refractivity contribution in [3.05, 3.63) is 29.8 Å². The van der Waals surface area contributed by atoms with Crippen molar-refractivity contribution in [3.63, 3.8) is 0 Å². The zero-order chi connectivity index (χ0) is 26.5. The summed E-state index contributed by atoms with van der Waals surface area (Å²) in [6, 6.07) is 5.46. The van der Waals surface area contributed by atoms with Crippen molar-refractivity contribution in [1.29, 1.82) is 0 Å². The van der Waals surface area contributed by atoms with Crippen molar-refractivity contribution in [2.24, 2.45) is 0 Å². The number of nitrogens with zero attached hydrogens (tertiary/aromatic N) is 3. The van der Waals surface area contributed by atoms with E-state index in [0.29, 0.717) is 11.3 Å². The Balaban J connectivity index is 2.11. The van der Waals surface area contributed by atoms with Gasteiger partial charge in [-0.15, -0.1) is 0 Å². The first-order valence-electron chi connectivity index (χ1n) is 11.1. The lowest BCUT2D eigenvalue weighted by Crippen LogP contribution is -2.50. The number of likely N-dealkylation sites (N-methyl/N-ethyl adjacent to an activating group) is 2. The summed E-state index contributed by atoms with van der Waals surface area (Å²) in [6.07, 6.45) is -0.351. The van der Waals surface area contributed by atoms with Gasteiger partial charge in [-0.3, -0.25) is 19.3 Å². The van der Waals surface area contributed by atoms with Crippen molar-refractivity contribution in [2.75, 3.05) is 39.2 Å². The summed E-state index contributed by atoms with van der Waals surface area (Å²) >= 11 is 1.09. The molecule has 0 N–H and O–H groups in total. The molecule has 1 aromatic rings. The second-order valence-corrected chi connectivity index (χ2v) is 10.8. The third kappa shape index (κ3) is 7.71. The molecule has 1 fully saturated rings. The van der Waals surface area contributed by atoms with E-state index < -0.39 is 29.6 Å². The van der Waals surface area contributed by atoms with Crippen molar-refractivity contribution >= 4 is 46.4 Å². The Hall–Kier alpha value is -3.08. The number of rotatable bonds is 6. The van der Waals surface area contributed by atoms with Crippen molar-refractivity contribution in [2.45, 2.75) is 51.0 Å². The van der Waals surface area contributed by atoms with Crippen LogP contribution in [0.2, 0.25) is 0 Å². The summed E-state index contributed by atoms with van der Waals surface area (Å²) in [6.45, 7) is 6.62. The molecule has 0 spiro atoms. The molecule has 35 heavy (non-hydrogen) atoms. The van der Waals surface area contributed by atoms with Gasteiger partial charge in [0.15, 0.2) is 5.12 Å². The highest BCUT2D eigenvalue weighted by Gasteiger charge is 2.43. The average Bonchev–Trinajstić information content (AvgIpc) is 3.19. The van der Waals surface area contributed by atoms with Gasteiger partial charge in [0.1, 0.15) is 11.6 Å². The molecule has 0 radical (unpaired) electrons. The van der Waals surface area contributed by atoms with E-state index in [1.54, 1.807) is 52.1 Å². The molecule has 0 aliphatic carbocycles. The fraction of sp³-hybridized carbons (Fsp3) is 0.542. The normalized spacial score (nSPS) is 17.5. The van der Waals surface area contributed by atoms with Crippen LogP contribution in [0.15, 0.2) is 24.3 Å². The number of esters is 1. The molecular formula is C24H33N3O7S. The van der Waals surface area contributed by atoms with Crippen molar-refractivity contribution in [1.82, 2.24) is 9.80 Å². The number of thioether (sulfide) groups is 1. The maximum atomic E-state index is 13.3. The number of amides is 3. The standard InChI is InChI=1S/C24H33N3O7S/c1-15(28)35-18-12-19(27(13-18)23(32)34-24(2,3)4)21(30)25(5)14-20(29)26(6)17-10-8-16(9-11-17)22(31)33-7/h8-11,18-19H,12-14H2,1-7H3/t18-,19+/m1/s1. The monoisotopic (exact) mass is 507 g/mol. The number of ether oxygens (including phenoxy) is 2. The maximum Gasteiger partial charge on any atom is 0.411 e. The first-order chi connectivity index (χ1) is 16.2. The summed E-state index contributed by atoms with van der Waals surface area (Å²) in [5, 5.41) is -0.343. The van der Waals surface area contributed by atoms with Crippen LogP contribution in [-0.4, -0.2) is 90.0 Å². The average molecular weight is 508 g/mol. The summed E-state index contributed by atoms with van der Waals surface area (Å²) in [7, 11) is 4.34. The number of anilines is 1. The van der Waals surface area contributed by atoms with Gasteiger partial charge < -0.3 is 19.3 Å². The second-order valence-electron chi connectivity index (χ2n) is 9.30. The highest BCUT2D eigenvalue weighted by atomic mass is 32.2. The Bertz CT molecular complexity index is 974. The Kier molecular flexibility index (Phi) is 9.31. The van der Waals surface area contributed by atoms with E-state index in [1.807, 2.05) is 0 Å². The molecule has 1 aliphatic rings. The molecule has 1 saturated heterocycles. The third-order valence-corrected chi connectivity index (χ3v) is 6.31. The topological polar surface area (TPSA) is 114 Å². The molecule has 2 rings (SSSR count). The van der Waals surface area contributed by atoms with Crippen molar-refractivity contribution in [3.8, 4) is 0 Å². The zero-order valence-corrected chi connectivity index (χ0v) is 22.0. The number of carbonyl (C=O) groups excluding carboxylic acids is 5. The number of likely N-dealkylation sites (tertiary alicyclic amines) is 1. The van der Waals surface area contributed by atoms with Crippen molar-refractivity contribution < 1.29 is 33.4 Å². The Labute approximate surface area is 209 Å². The van der Waals surface area contributed by atoms with Gasteiger partial charge in [-0.25, -0.2) is 9.59 Å². The molecule has 1 heterocycles. The Morgan fingerprint density at radius 3 is 2.20 bits per heavy atom. The number of hydrogen-bond donors (Lipinski definition) is 0. The van der Waals surface area contributed by atoms with E-state index in [9.17, 15) is 24.0 Å². The van der Waals surface area contributed by atoms with E-state index in [4.69, 9.17) is 4.74 Å². The highest BCUT2D eigenvalue weighted by molar-refractivity contribution is 8.14. The van der Waals surface area contributed by atoms with E-state index in [-0.39, 0.29) is 35.8 Å². The first-order valence-corrected chi connectivity index (χ1v) is 12.0. The summed E-state index contributed by atoms with van der Waals surface area (Å²) in [5.41, 5.74) is 0.147. The molecule has 0 bridgehead atoms. The highest BCUT2D eigenvalue weighted by Crippen LogP contribution is 2.30. The molecule has 0 aromatic heterocycles. The molecule has 192 valence electrons. The molecule has 1 aliphatic heterocycles. The van der Waals surface area contributed by atoms with Crippen LogP contribution in [0.5, 0.6) is 0 Å². The van der Waals surface area contributed by atoms with Crippen LogP contribution in [0.25, 0.3) is 0 Å².